The van der Waals surface area contributed by atoms with Crippen molar-refractivity contribution < 1.29 is 39.5 Å². The second-order valence-electron chi connectivity index (χ2n) is 8.64. The molecule has 0 spiro atoms. The van der Waals surface area contributed by atoms with Gasteiger partial charge < -0.3 is 29.9 Å². The Bertz CT molecular complexity index is 498. The van der Waals surface area contributed by atoms with Gasteiger partial charge in [0.2, 0.25) is 0 Å². The molecule has 0 saturated carbocycles. The van der Waals surface area contributed by atoms with Crippen LogP contribution in [0.25, 0.3) is 0 Å². The van der Waals surface area contributed by atoms with Crippen LogP contribution in [-0.4, -0.2) is 69.5 Å². The molecule has 0 aromatic rings. The summed E-state index contributed by atoms with van der Waals surface area (Å²) in [4.78, 5) is 22.7. The van der Waals surface area contributed by atoms with E-state index in [0.717, 1.165) is 51.4 Å². The lowest BCUT2D eigenvalue weighted by atomic mass is 9.96. The summed E-state index contributed by atoms with van der Waals surface area (Å²) in [5.74, 6) is -0.521. The van der Waals surface area contributed by atoms with Gasteiger partial charge in [-0.1, -0.05) is 51.9 Å². The average molecular weight is 447 g/mol. The van der Waals surface area contributed by atoms with E-state index in [4.69, 9.17) is 9.47 Å². The number of ether oxygens (including phenoxy) is 2. The van der Waals surface area contributed by atoms with Crippen LogP contribution in [0.5, 0.6) is 0 Å². The first-order valence-electron chi connectivity index (χ1n) is 11.9. The first-order valence-corrected chi connectivity index (χ1v) is 11.9. The number of cyclic esters (lactones) is 1. The van der Waals surface area contributed by atoms with Gasteiger partial charge in [0, 0.05) is 19.3 Å². The van der Waals surface area contributed by atoms with Crippen molar-refractivity contribution in [2.24, 2.45) is 0 Å². The molecule has 0 aromatic carbocycles. The van der Waals surface area contributed by atoms with Crippen LogP contribution >= 0.6 is 0 Å². The molecule has 0 bridgehead atoms. The molecule has 8 heteroatoms. The molecule has 8 nitrogen and oxygen atoms in total. The van der Waals surface area contributed by atoms with E-state index in [1.54, 1.807) is 0 Å². The lowest BCUT2D eigenvalue weighted by molar-refractivity contribution is -0.152. The first-order chi connectivity index (χ1) is 14.8. The van der Waals surface area contributed by atoms with Crippen LogP contribution < -0.4 is 0 Å². The third kappa shape index (κ3) is 13.0. The molecule has 1 rings (SSSR count). The molecule has 0 amide bonds. The van der Waals surface area contributed by atoms with Crippen molar-refractivity contribution in [3.05, 3.63) is 0 Å². The molecule has 1 aliphatic rings. The van der Waals surface area contributed by atoms with Gasteiger partial charge in [-0.25, -0.2) is 0 Å². The van der Waals surface area contributed by atoms with Crippen molar-refractivity contribution in [2.75, 3.05) is 6.61 Å². The highest BCUT2D eigenvalue weighted by Crippen LogP contribution is 2.17. The van der Waals surface area contributed by atoms with Crippen molar-refractivity contribution >= 4 is 11.9 Å². The highest BCUT2D eigenvalue weighted by Gasteiger charge is 2.25. The van der Waals surface area contributed by atoms with Crippen LogP contribution in [0.4, 0.5) is 0 Å². The number of hydrogen-bond acceptors (Lipinski definition) is 8. The maximum atomic E-state index is 11.7. The zero-order chi connectivity index (χ0) is 23.1. The van der Waals surface area contributed by atoms with Crippen LogP contribution in [0.15, 0.2) is 0 Å². The molecule has 1 aliphatic heterocycles. The summed E-state index contributed by atoms with van der Waals surface area (Å²) >= 11 is 0. The normalized spacial score (nSPS) is 20.2. The molecular weight excluding hydrogens is 404 g/mol. The van der Waals surface area contributed by atoms with Gasteiger partial charge in [0.15, 0.2) is 0 Å². The average Bonchev–Trinajstić information content (AvgIpc) is 3.16. The predicted molar refractivity (Wildman–Crippen MR) is 115 cm³/mol. The second-order valence-corrected chi connectivity index (χ2v) is 8.64. The monoisotopic (exact) mass is 446 g/mol. The highest BCUT2D eigenvalue weighted by atomic mass is 16.6. The summed E-state index contributed by atoms with van der Waals surface area (Å²) in [5.41, 5.74) is 0. The van der Waals surface area contributed by atoms with Crippen LogP contribution in [0, 0.1) is 0 Å². The number of rotatable bonds is 18. The maximum Gasteiger partial charge on any atom is 0.306 e. The first kappa shape index (κ1) is 27.8. The van der Waals surface area contributed by atoms with Gasteiger partial charge in [-0.15, -0.1) is 0 Å². The van der Waals surface area contributed by atoms with E-state index in [1.165, 1.54) is 0 Å². The molecule has 0 aliphatic carbocycles. The van der Waals surface area contributed by atoms with E-state index < -0.39 is 24.4 Å². The van der Waals surface area contributed by atoms with Crippen LogP contribution in [0.3, 0.4) is 0 Å². The van der Waals surface area contributed by atoms with Crippen molar-refractivity contribution in [2.45, 2.75) is 127 Å². The number of aliphatic hydroxyl groups is 4. The second kappa shape index (κ2) is 16.4. The number of unbranched alkanes of at least 4 members (excludes halogenated alkanes) is 6. The molecular formula is C23H42O8. The number of hydrogen-bond donors (Lipinski definition) is 4. The molecule has 0 aromatic heterocycles. The Hall–Kier alpha value is -1.22. The van der Waals surface area contributed by atoms with Crippen LogP contribution in [0.1, 0.15) is 96.8 Å². The highest BCUT2D eigenvalue weighted by molar-refractivity contribution is 5.72. The molecule has 1 saturated heterocycles. The van der Waals surface area contributed by atoms with E-state index in [0.29, 0.717) is 32.1 Å². The van der Waals surface area contributed by atoms with Gasteiger partial charge in [0.25, 0.3) is 0 Å². The fourth-order valence-electron chi connectivity index (χ4n) is 3.66. The largest absolute Gasteiger partial charge is 0.462 e. The van der Waals surface area contributed by atoms with Crippen LogP contribution in [-0.2, 0) is 19.1 Å². The molecule has 5 atom stereocenters. The standard InChI is InChI=1S/C23H42O8/c1-2-3-7-10-18(24)20(26)15-21(27)19(25)11-8-5-4-6-9-12-22(28)30-16-17-13-14-23(29)31-17/h17-21,24-27H,2-16H2,1H3/t17-,18?,19?,20?,21?/m0/s1. The minimum Gasteiger partial charge on any atom is -0.462 e. The third-order valence-corrected chi connectivity index (χ3v) is 5.75. The van der Waals surface area contributed by atoms with Gasteiger partial charge in [0.1, 0.15) is 12.7 Å². The molecule has 1 fully saturated rings. The van der Waals surface area contributed by atoms with E-state index in [2.05, 4.69) is 6.92 Å². The molecule has 4 unspecified atom stereocenters. The zero-order valence-electron chi connectivity index (χ0n) is 18.9. The Morgan fingerprint density at radius 2 is 1.52 bits per heavy atom. The summed E-state index contributed by atoms with van der Waals surface area (Å²) in [6.07, 6.45) is 5.03. The summed E-state index contributed by atoms with van der Waals surface area (Å²) in [7, 11) is 0. The summed E-state index contributed by atoms with van der Waals surface area (Å²) in [6.45, 7) is 2.20. The van der Waals surface area contributed by atoms with Gasteiger partial charge in [-0.2, -0.15) is 0 Å². The quantitative estimate of drug-likeness (QED) is 0.186. The van der Waals surface area contributed by atoms with E-state index >= 15 is 0 Å². The summed E-state index contributed by atoms with van der Waals surface area (Å²) in [6, 6.07) is 0. The fraction of sp³-hybridized carbons (Fsp3) is 0.913. The van der Waals surface area contributed by atoms with Crippen molar-refractivity contribution in [1.82, 2.24) is 0 Å². The topological polar surface area (TPSA) is 134 Å². The number of aliphatic hydroxyl groups excluding tert-OH is 4. The lowest BCUT2D eigenvalue weighted by Gasteiger charge is -2.23. The zero-order valence-corrected chi connectivity index (χ0v) is 18.9. The number of carbonyl (C=O) groups is 2. The van der Waals surface area contributed by atoms with E-state index in [1.807, 2.05) is 0 Å². The van der Waals surface area contributed by atoms with Gasteiger partial charge in [0.05, 0.1) is 24.4 Å². The predicted octanol–water partition coefficient (Wildman–Crippen LogP) is 2.38. The van der Waals surface area contributed by atoms with Gasteiger partial charge in [-0.3, -0.25) is 9.59 Å². The number of esters is 2. The van der Waals surface area contributed by atoms with Crippen LogP contribution in [0.2, 0.25) is 0 Å². The smallest absolute Gasteiger partial charge is 0.306 e. The Morgan fingerprint density at radius 1 is 0.935 bits per heavy atom. The maximum absolute atomic E-state index is 11.7. The number of carbonyl (C=O) groups excluding carboxylic acids is 2. The van der Waals surface area contributed by atoms with E-state index in [-0.39, 0.29) is 31.1 Å². The minimum absolute atomic E-state index is 0.0311. The molecule has 1 heterocycles. The SMILES string of the molecule is CCCCCC(O)C(O)CC(O)C(O)CCCCCCCC(=O)OC[C@@H]1CCC(=O)O1. The van der Waals surface area contributed by atoms with Gasteiger partial charge in [-0.05, 0) is 25.7 Å². The fourth-order valence-corrected chi connectivity index (χ4v) is 3.66. The van der Waals surface area contributed by atoms with Crippen molar-refractivity contribution in [1.29, 1.82) is 0 Å². The molecule has 182 valence electrons. The Balaban J connectivity index is 1.99. The summed E-state index contributed by atoms with van der Waals surface area (Å²) in [5, 5.41) is 40.0. The summed E-state index contributed by atoms with van der Waals surface area (Å²) < 4.78 is 10.1. The molecule has 0 radical (unpaired) electrons. The Morgan fingerprint density at radius 3 is 2.10 bits per heavy atom. The third-order valence-electron chi connectivity index (χ3n) is 5.75. The Labute approximate surface area is 185 Å². The van der Waals surface area contributed by atoms with E-state index in [9.17, 15) is 30.0 Å². The van der Waals surface area contributed by atoms with Crippen molar-refractivity contribution in [3.63, 3.8) is 0 Å². The Kier molecular flexibility index (Phi) is 14.7. The minimum atomic E-state index is -1.05. The van der Waals surface area contributed by atoms with Gasteiger partial charge >= 0.3 is 11.9 Å². The molecule has 31 heavy (non-hydrogen) atoms. The lowest BCUT2D eigenvalue weighted by Crippen LogP contribution is -2.35. The van der Waals surface area contributed by atoms with Crippen molar-refractivity contribution in [3.8, 4) is 0 Å². The molecule has 4 N–H and O–H groups in total.